The van der Waals surface area contributed by atoms with Crippen LogP contribution >= 0.6 is 0 Å². The van der Waals surface area contributed by atoms with E-state index in [1.54, 1.807) is 13.8 Å². The standard InChI is InChI=1S/C9H14F3NO4.C8H11F3O2.C7H10F3NO/c1-2-17-8(14)5-7(6-13(15)16)3-4-9(10,11)12;1-2-13-7(12)5-3-4-6-8(9,10)11;8-7(9,10)2-1-5-3-6(12)11-4-5/h7H,2-6H2,1H3;3,5H,2,4,6H2,1H3;5H,1-4H2,(H,11,12)/b;5-3+;. The lowest BCUT2D eigenvalue weighted by Gasteiger charge is -2.13. The second-order valence-electron chi connectivity index (χ2n) is 8.88. The second-order valence-corrected chi connectivity index (χ2v) is 8.88. The van der Waals surface area contributed by atoms with Crippen LogP contribution in [0.3, 0.4) is 0 Å². The van der Waals surface area contributed by atoms with Crippen LogP contribution in [0.15, 0.2) is 12.2 Å². The van der Waals surface area contributed by atoms with Crippen molar-refractivity contribution >= 4 is 17.8 Å². The number of amides is 1. The largest absolute Gasteiger partial charge is 0.466 e. The average Bonchev–Trinajstić information content (AvgIpc) is 3.24. The molecule has 0 aromatic carbocycles. The minimum atomic E-state index is -4.37. The molecule has 0 aromatic rings. The van der Waals surface area contributed by atoms with Gasteiger partial charge in [-0.3, -0.25) is 19.7 Å². The molecule has 2 unspecified atom stereocenters. The minimum Gasteiger partial charge on any atom is -0.466 e. The van der Waals surface area contributed by atoms with Gasteiger partial charge in [-0.1, -0.05) is 6.08 Å². The quantitative estimate of drug-likeness (QED) is 0.0855. The minimum absolute atomic E-state index is 0.0578. The molecule has 1 fully saturated rings. The molecule has 0 bridgehead atoms. The summed E-state index contributed by atoms with van der Waals surface area (Å²) in [6, 6.07) is 0. The highest BCUT2D eigenvalue weighted by molar-refractivity contribution is 5.81. The van der Waals surface area contributed by atoms with E-state index in [4.69, 9.17) is 0 Å². The van der Waals surface area contributed by atoms with Gasteiger partial charge in [0.1, 0.15) is 0 Å². The van der Waals surface area contributed by atoms with Crippen molar-refractivity contribution in [1.29, 1.82) is 0 Å². The molecule has 1 saturated heterocycles. The molecule has 2 atom stereocenters. The van der Waals surface area contributed by atoms with E-state index in [-0.39, 0.29) is 50.7 Å². The lowest BCUT2D eigenvalue weighted by atomic mass is 9.99. The molecular weight excluding hydrogens is 599 g/mol. The van der Waals surface area contributed by atoms with Crippen LogP contribution < -0.4 is 5.32 Å². The number of allylic oxidation sites excluding steroid dienone is 1. The molecule has 0 radical (unpaired) electrons. The SMILES string of the molecule is CCOC(=O)/C=C/CCC(F)(F)F.CCOC(=O)CC(CCC(F)(F)F)C[N+](=O)[O-].O=C1CC(CCC(F)(F)F)CN1. The Morgan fingerprint density at radius 2 is 1.52 bits per heavy atom. The fourth-order valence-electron chi connectivity index (χ4n) is 3.15. The number of hydrogen-bond acceptors (Lipinski definition) is 7. The molecule has 1 heterocycles. The monoisotopic (exact) mass is 634 g/mol. The maximum atomic E-state index is 12.0. The number of halogens is 9. The van der Waals surface area contributed by atoms with E-state index in [1.807, 2.05) is 0 Å². The van der Waals surface area contributed by atoms with Crippen molar-refractivity contribution in [1.82, 2.24) is 5.32 Å². The number of carbonyl (C=O) groups excluding carboxylic acids is 3. The number of esters is 2. The van der Waals surface area contributed by atoms with E-state index in [9.17, 15) is 64.0 Å². The Hall–Kier alpha value is -3.08. The molecule has 42 heavy (non-hydrogen) atoms. The van der Waals surface area contributed by atoms with Crippen molar-refractivity contribution < 1.29 is 68.3 Å². The Labute approximate surface area is 236 Å². The van der Waals surface area contributed by atoms with Crippen LogP contribution in [0.25, 0.3) is 0 Å². The van der Waals surface area contributed by atoms with Gasteiger partial charge in [0, 0.05) is 49.1 Å². The summed E-state index contributed by atoms with van der Waals surface area (Å²) in [4.78, 5) is 41.7. The zero-order chi connectivity index (χ0) is 33.0. The molecule has 246 valence electrons. The maximum Gasteiger partial charge on any atom is 0.389 e. The zero-order valence-corrected chi connectivity index (χ0v) is 23.0. The van der Waals surface area contributed by atoms with Gasteiger partial charge in [-0.25, -0.2) is 4.79 Å². The van der Waals surface area contributed by atoms with Crippen molar-refractivity contribution in [2.75, 3.05) is 26.3 Å². The highest BCUT2D eigenvalue weighted by Crippen LogP contribution is 2.27. The van der Waals surface area contributed by atoms with Crippen molar-refractivity contribution in [3.63, 3.8) is 0 Å². The predicted octanol–water partition coefficient (Wildman–Crippen LogP) is 6.09. The van der Waals surface area contributed by atoms with Gasteiger partial charge in [-0.2, -0.15) is 39.5 Å². The third-order valence-corrected chi connectivity index (χ3v) is 5.04. The Kier molecular flexibility index (Phi) is 20.3. The number of hydrogen-bond donors (Lipinski definition) is 1. The smallest absolute Gasteiger partial charge is 0.389 e. The molecule has 0 aliphatic carbocycles. The van der Waals surface area contributed by atoms with E-state index in [0.717, 1.165) is 12.2 Å². The fourth-order valence-corrected chi connectivity index (χ4v) is 3.15. The zero-order valence-electron chi connectivity index (χ0n) is 23.0. The summed E-state index contributed by atoms with van der Waals surface area (Å²) in [6.45, 7) is 3.24. The summed E-state index contributed by atoms with van der Waals surface area (Å²) < 4.78 is 115. The third kappa shape index (κ3) is 29.9. The summed E-state index contributed by atoms with van der Waals surface area (Å²) in [6.07, 6.45) is -14.0. The van der Waals surface area contributed by atoms with Crippen LogP contribution in [0.5, 0.6) is 0 Å². The van der Waals surface area contributed by atoms with E-state index >= 15 is 0 Å². The van der Waals surface area contributed by atoms with Crippen molar-refractivity contribution in [3.8, 4) is 0 Å². The number of ether oxygens (including phenoxy) is 2. The average molecular weight is 635 g/mol. The third-order valence-electron chi connectivity index (χ3n) is 5.04. The molecule has 1 amide bonds. The molecule has 1 rings (SSSR count). The van der Waals surface area contributed by atoms with Gasteiger partial charge in [0.25, 0.3) is 0 Å². The van der Waals surface area contributed by atoms with Gasteiger partial charge in [-0.05, 0) is 39.0 Å². The van der Waals surface area contributed by atoms with Gasteiger partial charge < -0.3 is 14.8 Å². The van der Waals surface area contributed by atoms with Crippen LogP contribution in [-0.2, 0) is 23.9 Å². The number of nitrogens with one attached hydrogen (secondary N) is 1. The molecule has 1 aliphatic heterocycles. The number of nitro groups is 1. The first kappa shape index (κ1) is 41.1. The summed E-state index contributed by atoms with van der Waals surface area (Å²) in [5.74, 6) is -2.52. The first-order valence-corrected chi connectivity index (χ1v) is 12.7. The van der Waals surface area contributed by atoms with Crippen molar-refractivity contribution in [2.45, 2.75) is 83.7 Å². The first-order valence-electron chi connectivity index (χ1n) is 12.7. The predicted molar refractivity (Wildman–Crippen MR) is 129 cm³/mol. The number of carbonyl (C=O) groups is 3. The lowest BCUT2D eigenvalue weighted by molar-refractivity contribution is -0.488. The van der Waals surface area contributed by atoms with Crippen molar-refractivity contribution in [3.05, 3.63) is 22.3 Å². The molecule has 1 aliphatic rings. The topological polar surface area (TPSA) is 125 Å². The Morgan fingerprint density at radius 1 is 0.976 bits per heavy atom. The van der Waals surface area contributed by atoms with Crippen LogP contribution in [0, 0.1) is 22.0 Å². The van der Waals surface area contributed by atoms with E-state index in [0.29, 0.717) is 6.54 Å². The molecule has 18 heteroatoms. The molecule has 0 saturated carbocycles. The molecule has 9 nitrogen and oxygen atoms in total. The first-order chi connectivity index (χ1) is 19.2. The highest BCUT2D eigenvalue weighted by atomic mass is 19.4. The van der Waals surface area contributed by atoms with Crippen LogP contribution in [0.4, 0.5) is 39.5 Å². The highest BCUT2D eigenvalue weighted by Gasteiger charge is 2.32. The number of nitrogens with zero attached hydrogens (tertiary/aromatic N) is 1. The normalized spacial score (nSPS) is 16.0. The van der Waals surface area contributed by atoms with E-state index < -0.39 is 73.5 Å². The lowest BCUT2D eigenvalue weighted by Crippen LogP contribution is -2.21. The van der Waals surface area contributed by atoms with E-state index in [2.05, 4.69) is 14.8 Å². The van der Waals surface area contributed by atoms with Gasteiger partial charge in [0.05, 0.1) is 19.6 Å². The van der Waals surface area contributed by atoms with Crippen molar-refractivity contribution in [2.24, 2.45) is 11.8 Å². The Balaban J connectivity index is 0. The summed E-state index contributed by atoms with van der Waals surface area (Å²) in [5.41, 5.74) is 0. The van der Waals surface area contributed by atoms with Gasteiger partial charge in [-0.15, -0.1) is 0 Å². The van der Waals surface area contributed by atoms with Crippen LogP contribution in [-0.4, -0.2) is 67.6 Å². The summed E-state index contributed by atoms with van der Waals surface area (Å²) >= 11 is 0. The maximum absolute atomic E-state index is 12.0. The Morgan fingerprint density at radius 3 is 1.95 bits per heavy atom. The Bertz CT molecular complexity index is 846. The molecule has 0 spiro atoms. The van der Waals surface area contributed by atoms with Crippen LogP contribution in [0.1, 0.15) is 65.2 Å². The summed E-state index contributed by atoms with van der Waals surface area (Å²) in [5, 5.41) is 12.7. The molecule has 0 aromatic heterocycles. The molecule has 1 N–H and O–H groups in total. The second kappa shape index (κ2) is 20.7. The summed E-state index contributed by atoms with van der Waals surface area (Å²) in [7, 11) is 0. The van der Waals surface area contributed by atoms with Gasteiger partial charge >= 0.3 is 30.5 Å². The number of alkyl halides is 9. The van der Waals surface area contributed by atoms with Crippen LogP contribution in [0.2, 0.25) is 0 Å². The van der Waals surface area contributed by atoms with Gasteiger partial charge in [0.15, 0.2) is 0 Å². The number of rotatable bonds is 13. The van der Waals surface area contributed by atoms with E-state index in [1.165, 1.54) is 0 Å². The van der Waals surface area contributed by atoms with Gasteiger partial charge in [0.2, 0.25) is 12.5 Å². The fraction of sp³-hybridized carbons (Fsp3) is 0.792. The molecular formula is C24H35F9N2O7.